The minimum atomic E-state index is -1.26. The molecule has 0 aromatic carbocycles. The number of carbonyl (C=O) groups excluding carboxylic acids is 1. The average molecular weight is 302 g/mol. The smallest absolute Gasteiger partial charge is 0.407 e. The van der Waals surface area contributed by atoms with Gasteiger partial charge in [-0.3, -0.25) is 4.79 Å². The second-order valence-electron chi connectivity index (χ2n) is 6.61. The normalized spacial score (nSPS) is 25.8. The number of carboxylic acid groups (broad SMARTS) is 1. The lowest BCUT2D eigenvalue weighted by atomic mass is 9.80. The number of alkyl carbamates (subject to hydrolysis) is 1. The van der Waals surface area contributed by atoms with Gasteiger partial charge in [-0.15, -0.1) is 0 Å². The van der Waals surface area contributed by atoms with Crippen molar-refractivity contribution < 1.29 is 24.5 Å². The Hall–Kier alpha value is -1.34. The predicted octanol–water partition coefficient (Wildman–Crippen LogP) is 0.843. The Morgan fingerprint density at radius 2 is 1.76 bits per heavy atom. The van der Waals surface area contributed by atoms with E-state index < -0.39 is 29.8 Å². The molecule has 1 fully saturated rings. The molecule has 2 atom stereocenters. The summed E-state index contributed by atoms with van der Waals surface area (Å²) in [5.74, 6) is -1.34. The van der Waals surface area contributed by atoms with Crippen LogP contribution in [0.3, 0.4) is 0 Å². The summed E-state index contributed by atoms with van der Waals surface area (Å²) < 4.78 is 5.19. The lowest BCUT2D eigenvalue weighted by molar-refractivity contribution is -0.142. The first-order valence-corrected chi connectivity index (χ1v) is 7.26. The van der Waals surface area contributed by atoms with Crippen LogP contribution in [0.5, 0.6) is 0 Å². The maximum Gasteiger partial charge on any atom is 0.407 e. The average Bonchev–Trinajstić information content (AvgIpc) is 2.35. The van der Waals surface area contributed by atoms with Gasteiger partial charge in [0.15, 0.2) is 0 Å². The van der Waals surface area contributed by atoms with Gasteiger partial charge in [-0.1, -0.05) is 0 Å². The summed E-state index contributed by atoms with van der Waals surface area (Å²) in [5.41, 5.74) is 4.90. The van der Waals surface area contributed by atoms with Crippen LogP contribution in [0.25, 0.3) is 0 Å². The topological polar surface area (TPSA) is 122 Å². The monoisotopic (exact) mass is 302 g/mol. The molecule has 122 valence electrons. The number of hydrogen-bond acceptors (Lipinski definition) is 5. The van der Waals surface area contributed by atoms with Crippen molar-refractivity contribution in [1.29, 1.82) is 0 Å². The van der Waals surface area contributed by atoms with Gasteiger partial charge in [0.1, 0.15) is 11.6 Å². The first-order chi connectivity index (χ1) is 9.60. The summed E-state index contributed by atoms with van der Waals surface area (Å²) in [6.45, 7) is 5.40. The first kappa shape index (κ1) is 17.7. The third kappa shape index (κ3) is 5.89. The molecule has 1 rings (SSSR count). The number of nitrogens with two attached hydrogens (primary N) is 1. The van der Waals surface area contributed by atoms with Gasteiger partial charge in [0.25, 0.3) is 0 Å². The third-order valence-corrected chi connectivity index (χ3v) is 3.63. The number of carboxylic acids is 1. The molecule has 0 aromatic rings. The molecular weight excluding hydrogens is 276 g/mol. The van der Waals surface area contributed by atoms with Gasteiger partial charge in [0.05, 0.1) is 6.10 Å². The van der Waals surface area contributed by atoms with Crippen LogP contribution in [0, 0.1) is 5.92 Å². The standard InChI is InChI=1S/C14H26N2O5/c1-14(2,3)21-13(20)16-9-6-4-8(5-7-9)11(17)10(15)12(18)19/h8-11,17H,4-7,15H2,1-3H3,(H,16,20)(H,18,19). The zero-order valence-electron chi connectivity index (χ0n) is 12.8. The summed E-state index contributed by atoms with van der Waals surface area (Å²) >= 11 is 0. The largest absolute Gasteiger partial charge is 0.480 e. The Morgan fingerprint density at radius 1 is 1.24 bits per heavy atom. The number of hydrogen-bond donors (Lipinski definition) is 4. The van der Waals surface area contributed by atoms with Crippen molar-refractivity contribution in [1.82, 2.24) is 5.32 Å². The van der Waals surface area contributed by atoms with Gasteiger partial charge in [0, 0.05) is 6.04 Å². The van der Waals surface area contributed by atoms with Crippen LogP contribution in [0.4, 0.5) is 4.79 Å². The number of aliphatic carboxylic acids is 1. The van der Waals surface area contributed by atoms with Gasteiger partial charge in [-0.25, -0.2) is 4.79 Å². The number of aliphatic hydroxyl groups excluding tert-OH is 1. The fourth-order valence-corrected chi connectivity index (χ4v) is 2.52. The molecule has 1 saturated carbocycles. The zero-order chi connectivity index (χ0) is 16.2. The molecule has 1 aliphatic carbocycles. The fourth-order valence-electron chi connectivity index (χ4n) is 2.52. The Bertz CT molecular complexity index is 372. The van der Waals surface area contributed by atoms with Crippen LogP contribution in [-0.4, -0.2) is 46.1 Å². The number of carbonyl (C=O) groups is 2. The predicted molar refractivity (Wildman–Crippen MR) is 76.7 cm³/mol. The number of rotatable bonds is 4. The molecule has 0 saturated heterocycles. The summed E-state index contributed by atoms with van der Waals surface area (Å²) in [6, 6.07) is -1.27. The summed E-state index contributed by atoms with van der Waals surface area (Å²) in [4.78, 5) is 22.4. The maximum absolute atomic E-state index is 11.7. The quantitative estimate of drug-likeness (QED) is 0.610. The molecule has 21 heavy (non-hydrogen) atoms. The molecule has 0 spiro atoms. The van der Waals surface area contributed by atoms with Crippen molar-refractivity contribution in [3.05, 3.63) is 0 Å². The summed E-state index contributed by atoms with van der Waals surface area (Å²) in [5, 5.41) is 21.5. The number of amides is 1. The van der Waals surface area contributed by atoms with Crippen molar-refractivity contribution in [3.8, 4) is 0 Å². The van der Waals surface area contributed by atoms with E-state index in [2.05, 4.69) is 5.32 Å². The molecule has 0 radical (unpaired) electrons. The highest BCUT2D eigenvalue weighted by atomic mass is 16.6. The fraction of sp³-hybridized carbons (Fsp3) is 0.857. The molecule has 0 aromatic heterocycles. The Balaban J connectivity index is 2.39. The van der Waals surface area contributed by atoms with Gasteiger partial charge < -0.3 is 26.0 Å². The molecule has 1 aliphatic rings. The SMILES string of the molecule is CC(C)(C)OC(=O)NC1CCC(C(O)C(N)C(=O)O)CC1. The zero-order valence-corrected chi connectivity index (χ0v) is 12.8. The molecule has 0 aliphatic heterocycles. The van der Waals surface area contributed by atoms with E-state index in [1.807, 2.05) is 0 Å². The second-order valence-corrected chi connectivity index (χ2v) is 6.61. The van der Waals surface area contributed by atoms with Crippen LogP contribution in [0.2, 0.25) is 0 Å². The van der Waals surface area contributed by atoms with Gasteiger partial charge in [-0.2, -0.15) is 0 Å². The lowest BCUT2D eigenvalue weighted by Crippen LogP contribution is -2.48. The van der Waals surface area contributed by atoms with Crippen LogP contribution >= 0.6 is 0 Å². The molecule has 1 amide bonds. The van der Waals surface area contributed by atoms with Crippen LogP contribution in [0.15, 0.2) is 0 Å². The van der Waals surface area contributed by atoms with Crippen LogP contribution in [0.1, 0.15) is 46.5 Å². The van der Waals surface area contributed by atoms with Gasteiger partial charge in [-0.05, 0) is 52.4 Å². The van der Waals surface area contributed by atoms with E-state index in [-0.39, 0.29) is 12.0 Å². The van der Waals surface area contributed by atoms with Crippen molar-refractivity contribution in [2.24, 2.45) is 11.7 Å². The van der Waals surface area contributed by atoms with E-state index in [0.717, 1.165) is 0 Å². The molecule has 5 N–H and O–H groups in total. The number of aliphatic hydroxyl groups is 1. The van der Waals surface area contributed by atoms with Gasteiger partial charge >= 0.3 is 12.1 Å². The number of nitrogens with one attached hydrogen (secondary N) is 1. The van der Waals surface area contributed by atoms with Crippen molar-refractivity contribution in [2.45, 2.75) is 70.2 Å². The minimum absolute atomic E-state index is 0.00986. The highest BCUT2D eigenvalue weighted by Crippen LogP contribution is 2.28. The highest BCUT2D eigenvalue weighted by molar-refractivity contribution is 5.73. The minimum Gasteiger partial charge on any atom is -0.480 e. The second kappa shape index (κ2) is 7.09. The molecular formula is C14H26N2O5. The van der Waals surface area contributed by atoms with E-state index in [4.69, 9.17) is 15.6 Å². The lowest BCUT2D eigenvalue weighted by Gasteiger charge is -2.33. The van der Waals surface area contributed by atoms with E-state index >= 15 is 0 Å². The Morgan fingerprint density at radius 3 is 2.19 bits per heavy atom. The van der Waals surface area contributed by atoms with Crippen LogP contribution in [-0.2, 0) is 9.53 Å². The molecule has 2 unspecified atom stereocenters. The van der Waals surface area contributed by atoms with E-state index in [1.54, 1.807) is 20.8 Å². The van der Waals surface area contributed by atoms with Crippen molar-refractivity contribution in [3.63, 3.8) is 0 Å². The summed E-state index contributed by atoms with van der Waals surface area (Å²) in [7, 11) is 0. The van der Waals surface area contributed by atoms with E-state index in [9.17, 15) is 14.7 Å². The Kier molecular flexibility index (Phi) is 5.98. The highest BCUT2D eigenvalue weighted by Gasteiger charge is 2.33. The number of ether oxygens (including phenoxy) is 1. The van der Waals surface area contributed by atoms with E-state index in [0.29, 0.717) is 25.7 Å². The molecule has 7 nitrogen and oxygen atoms in total. The maximum atomic E-state index is 11.7. The van der Waals surface area contributed by atoms with Gasteiger partial charge in [0.2, 0.25) is 0 Å². The molecule has 7 heteroatoms. The third-order valence-electron chi connectivity index (χ3n) is 3.63. The molecule has 0 heterocycles. The van der Waals surface area contributed by atoms with E-state index in [1.165, 1.54) is 0 Å². The first-order valence-electron chi connectivity index (χ1n) is 7.26. The Labute approximate surface area is 124 Å². The summed E-state index contributed by atoms with van der Waals surface area (Å²) in [6.07, 6.45) is 1.10. The molecule has 0 bridgehead atoms. The van der Waals surface area contributed by atoms with Crippen molar-refractivity contribution >= 4 is 12.1 Å². The van der Waals surface area contributed by atoms with Crippen molar-refractivity contribution in [2.75, 3.05) is 0 Å². The van der Waals surface area contributed by atoms with Crippen LogP contribution < -0.4 is 11.1 Å².